The third-order valence-electron chi connectivity index (χ3n) is 3.24. The van der Waals surface area contributed by atoms with Gasteiger partial charge in [0.1, 0.15) is 0 Å². The van der Waals surface area contributed by atoms with Gasteiger partial charge >= 0.3 is 0 Å². The van der Waals surface area contributed by atoms with Crippen molar-refractivity contribution in [1.82, 2.24) is 0 Å². The number of nitrogens with zero attached hydrogens (tertiary/aromatic N) is 1. The predicted octanol–water partition coefficient (Wildman–Crippen LogP) is 1.16. The van der Waals surface area contributed by atoms with Crippen LogP contribution >= 0.6 is 0 Å². The van der Waals surface area contributed by atoms with Crippen molar-refractivity contribution in [3.63, 3.8) is 0 Å². The number of carbonyl (C=O) groups excluding carboxylic acids is 1. The average Bonchev–Trinajstić information content (AvgIpc) is 2.29. The summed E-state index contributed by atoms with van der Waals surface area (Å²) in [5.74, 6) is -0.406. The number of anilines is 1. The van der Waals surface area contributed by atoms with Crippen LogP contribution in [0.4, 0.5) is 5.69 Å². The molecule has 1 unspecified atom stereocenters. The van der Waals surface area contributed by atoms with E-state index in [-0.39, 0.29) is 6.04 Å². The summed E-state index contributed by atoms with van der Waals surface area (Å²) < 4.78 is 23.5. The van der Waals surface area contributed by atoms with E-state index >= 15 is 0 Å². The Bertz CT molecular complexity index is 588. The summed E-state index contributed by atoms with van der Waals surface area (Å²) in [6.07, 6.45) is 0. The number of carbonyl (C=O) groups is 1. The van der Waals surface area contributed by atoms with Gasteiger partial charge in [0, 0.05) is 6.04 Å². The molecule has 0 saturated carbocycles. The second-order valence-corrected chi connectivity index (χ2v) is 7.30. The highest BCUT2D eigenvalue weighted by molar-refractivity contribution is 7.98. The second kappa shape index (κ2) is 3.80. The van der Waals surface area contributed by atoms with E-state index in [1.165, 1.54) is 13.8 Å². The fourth-order valence-electron chi connectivity index (χ4n) is 1.82. The lowest BCUT2D eigenvalue weighted by Gasteiger charge is -2.42. The van der Waals surface area contributed by atoms with Crippen molar-refractivity contribution >= 4 is 21.6 Å². The maximum atomic E-state index is 12.0. The van der Waals surface area contributed by atoms with E-state index in [1.807, 2.05) is 6.92 Å². The number of hydrogen-bond acceptors (Lipinski definition) is 4. The minimum atomic E-state index is -3.58. The molecule has 2 N–H and O–H groups in total. The van der Waals surface area contributed by atoms with Gasteiger partial charge in [-0.2, -0.15) is 0 Å². The summed E-state index contributed by atoms with van der Waals surface area (Å²) in [6.45, 7) is 4.67. The van der Waals surface area contributed by atoms with Crippen molar-refractivity contribution in [2.45, 2.75) is 31.6 Å². The Morgan fingerprint density at radius 1 is 1.22 bits per heavy atom. The van der Waals surface area contributed by atoms with Crippen LogP contribution in [-0.2, 0) is 14.8 Å². The number of rotatable bonds is 2. The molecule has 0 spiro atoms. The third kappa shape index (κ3) is 1.56. The highest BCUT2D eigenvalue weighted by atomic mass is 32.2. The standard InChI is InChI=1S/C12H16N2O3S/c1-8(13)9-4-6-10(7-5-9)14-11(15)12(2,3)18(14,16)17/h4-8H,13H2,1-3H3. The first-order valence-corrected chi connectivity index (χ1v) is 7.08. The Morgan fingerprint density at radius 2 is 1.72 bits per heavy atom. The van der Waals surface area contributed by atoms with Crippen LogP contribution < -0.4 is 10.0 Å². The molecule has 6 heteroatoms. The van der Waals surface area contributed by atoms with Crippen LogP contribution in [0, 0.1) is 0 Å². The molecular formula is C12H16N2O3S. The van der Waals surface area contributed by atoms with E-state index in [9.17, 15) is 13.2 Å². The zero-order chi connectivity index (χ0) is 13.7. The van der Waals surface area contributed by atoms with Gasteiger partial charge in [0.15, 0.2) is 4.75 Å². The first-order chi connectivity index (χ1) is 8.19. The van der Waals surface area contributed by atoms with E-state index in [0.29, 0.717) is 5.69 Å². The molecule has 1 aromatic rings. The molecule has 1 aliphatic heterocycles. The van der Waals surface area contributed by atoms with Crippen LogP contribution in [0.25, 0.3) is 0 Å². The maximum Gasteiger partial charge on any atom is 0.263 e. The summed E-state index contributed by atoms with van der Waals surface area (Å²) in [7, 11) is -3.58. The SMILES string of the molecule is CC(N)c1ccc(N2C(=O)C(C)(C)S2(=O)=O)cc1. The van der Waals surface area contributed by atoms with Gasteiger partial charge in [-0.15, -0.1) is 0 Å². The van der Waals surface area contributed by atoms with Crippen LogP contribution in [0.1, 0.15) is 32.4 Å². The van der Waals surface area contributed by atoms with Crippen LogP contribution in [0.3, 0.4) is 0 Å². The molecule has 0 bridgehead atoms. The molecule has 1 heterocycles. The topological polar surface area (TPSA) is 80.5 Å². The Kier molecular flexibility index (Phi) is 2.75. The highest BCUT2D eigenvalue weighted by Crippen LogP contribution is 2.39. The molecule has 5 nitrogen and oxygen atoms in total. The molecular weight excluding hydrogens is 252 g/mol. The van der Waals surface area contributed by atoms with Gasteiger partial charge in [-0.25, -0.2) is 12.7 Å². The van der Waals surface area contributed by atoms with Crippen molar-refractivity contribution in [3.8, 4) is 0 Å². The fraction of sp³-hybridized carbons (Fsp3) is 0.417. The zero-order valence-electron chi connectivity index (χ0n) is 10.5. The Morgan fingerprint density at radius 3 is 2.11 bits per heavy atom. The summed E-state index contributed by atoms with van der Waals surface area (Å²) in [6, 6.07) is 6.54. The van der Waals surface area contributed by atoms with E-state index < -0.39 is 20.7 Å². The molecule has 1 atom stereocenters. The third-order valence-corrected chi connectivity index (χ3v) is 5.56. The summed E-state index contributed by atoms with van der Waals surface area (Å²) in [5.41, 5.74) is 6.97. The molecule has 18 heavy (non-hydrogen) atoms. The number of hydrogen-bond donors (Lipinski definition) is 1. The van der Waals surface area contributed by atoms with Crippen LogP contribution in [-0.4, -0.2) is 19.1 Å². The minimum Gasteiger partial charge on any atom is -0.324 e. The van der Waals surface area contributed by atoms with Gasteiger partial charge in [0.25, 0.3) is 15.9 Å². The molecule has 1 fully saturated rings. The lowest BCUT2D eigenvalue weighted by Crippen LogP contribution is -2.67. The Labute approximate surface area is 107 Å². The number of amides is 1. The van der Waals surface area contributed by atoms with Gasteiger partial charge < -0.3 is 5.73 Å². The molecule has 0 aliphatic carbocycles. The smallest absolute Gasteiger partial charge is 0.263 e. The van der Waals surface area contributed by atoms with Gasteiger partial charge in [0.2, 0.25) is 0 Å². The first kappa shape index (κ1) is 13.0. The average molecular weight is 268 g/mol. The molecule has 98 valence electrons. The van der Waals surface area contributed by atoms with E-state index in [4.69, 9.17) is 5.73 Å². The van der Waals surface area contributed by atoms with Crippen molar-refractivity contribution in [3.05, 3.63) is 29.8 Å². The first-order valence-electron chi connectivity index (χ1n) is 5.64. The molecule has 0 aromatic heterocycles. The van der Waals surface area contributed by atoms with Gasteiger partial charge in [-0.3, -0.25) is 4.79 Å². The van der Waals surface area contributed by atoms with E-state index in [2.05, 4.69) is 0 Å². The number of benzene rings is 1. The molecule has 2 rings (SSSR count). The predicted molar refractivity (Wildman–Crippen MR) is 69.5 cm³/mol. The van der Waals surface area contributed by atoms with E-state index in [0.717, 1.165) is 9.87 Å². The fourth-order valence-corrected chi connectivity index (χ4v) is 3.30. The van der Waals surface area contributed by atoms with Crippen molar-refractivity contribution < 1.29 is 13.2 Å². The van der Waals surface area contributed by atoms with Crippen LogP contribution in [0.2, 0.25) is 0 Å². The zero-order valence-corrected chi connectivity index (χ0v) is 11.4. The van der Waals surface area contributed by atoms with E-state index in [1.54, 1.807) is 24.3 Å². The summed E-state index contributed by atoms with van der Waals surface area (Å²) in [4.78, 5) is 11.8. The van der Waals surface area contributed by atoms with Gasteiger partial charge in [0.05, 0.1) is 5.69 Å². The quantitative estimate of drug-likeness (QED) is 0.872. The summed E-state index contributed by atoms with van der Waals surface area (Å²) >= 11 is 0. The highest BCUT2D eigenvalue weighted by Gasteiger charge is 2.60. The van der Waals surface area contributed by atoms with Gasteiger partial charge in [-0.1, -0.05) is 12.1 Å². The van der Waals surface area contributed by atoms with Crippen molar-refractivity contribution in [1.29, 1.82) is 0 Å². The molecule has 1 aromatic carbocycles. The Balaban J connectivity index is 2.38. The second-order valence-electron chi connectivity index (χ2n) is 4.97. The molecule has 1 saturated heterocycles. The van der Waals surface area contributed by atoms with Crippen LogP contribution in [0.5, 0.6) is 0 Å². The monoisotopic (exact) mass is 268 g/mol. The Hall–Kier alpha value is -1.40. The lowest BCUT2D eigenvalue weighted by molar-refractivity contribution is -0.120. The summed E-state index contributed by atoms with van der Waals surface area (Å²) in [5, 5.41) is 0. The lowest BCUT2D eigenvalue weighted by atomic mass is 10.1. The molecule has 1 amide bonds. The number of nitrogens with two attached hydrogens (primary N) is 1. The maximum absolute atomic E-state index is 12.0. The minimum absolute atomic E-state index is 0.126. The van der Waals surface area contributed by atoms with Crippen molar-refractivity contribution in [2.75, 3.05) is 4.31 Å². The van der Waals surface area contributed by atoms with Gasteiger partial charge in [-0.05, 0) is 38.5 Å². The molecule has 1 aliphatic rings. The molecule has 0 radical (unpaired) electrons. The normalized spacial score (nSPS) is 22.4. The van der Waals surface area contributed by atoms with Crippen LogP contribution in [0.15, 0.2) is 24.3 Å². The van der Waals surface area contributed by atoms with Crippen molar-refractivity contribution in [2.24, 2.45) is 5.73 Å². The largest absolute Gasteiger partial charge is 0.324 e. The number of sulfonamides is 1.